The van der Waals surface area contributed by atoms with Crippen molar-refractivity contribution in [2.75, 3.05) is 6.54 Å². The smallest absolute Gasteiger partial charge is 0.113 e. The maximum absolute atomic E-state index is 4.93. The molecule has 0 spiro atoms. The Morgan fingerprint density at radius 1 is 1.16 bits per heavy atom. The summed E-state index contributed by atoms with van der Waals surface area (Å²) in [5.74, 6) is 0.525. The van der Waals surface area contributed by atoms with Crippen LogP contribution in [-0.4, -0.2) is 11.5 Å². The number of rotatable bonds is 9. The first-order valence-corrected chi connectivity index (χ1v) is 8.68. The molecule has 1 aromatic rings. The molecular weight excluding hydrogens is 252 g/mol. The highest BCUT2D eigenvalue weighted by Crippen LogP contribution is 2.35. The van der Waals surface area contributed by atoms with Crippen molar-refractivity contribution in [3.63, 3.8) is 0 Å². The van der Waals surface area contributed by atoms with Gasteiger partial charge in [0.25, 0.3) is 0 Å². The van der Waals surface area contributed by atoms with Crippen molar-refractivity contribution < 1.29 is 0 Å². The summed E-state index contributed by atoms with van der Waals surface area (Å²) in [6.45, 7) is 12.3. The Morgan fingerprint density at radius 3 is 2.21 bits per heavy atom. The van der Waals surface area contributed by atoms with E-state index in [2.05, 4.69) is 45.3 Å². The van der Waals surface area contributed by atoms with Crippen LogP contribution >= 0.6 is 11.3 Å². The minimum atomic E-state index is 0.108. The van der Waals surface area contributed by atoms with Gasteiger partial charge in [0.1, 0.15) is 5.01 Å². The van der Waals surface area contributed by atoms with E-state index in [1.807, 2.05) is 11.3 Å². The molecule has 0 amide bonds. The lowest BCUT2D eigenvalue weighted by atomic mass is 9.89. The Balaban J connectivity index is 3.02. The van der Waals surface area contributed by atoms with E-state index in [1.54, 1.807) is 0 Å². The molecule has 0 atom stereocenters. The van der Waals surface area contributed by atoms with E-state index in [9.17, 15) is 0 Å². The molecule has 0 aliphatic heterocycles. The van der Waals surface area contributed by atoms with E-state index >= 15 is 0 Å². The standard InChI is InChI=1S/C16H30N2S/c1-6-9-16(10-7-2,17-11-8-3)15-18-14(12-19-15)13(4)5/h12-13,17H,6-11H2,1-5H3. The van der Waals surface area contributed by atoms with Gasteiger partial charge in [-0.1, -0.05) is 47.5 Å². The Kier molecular flexibility index (Phi) is 7.01. The highest BCUT2D eigenvalue weighted by molar-refractivity contribution is 7.09. The molecule has 0 aliphatic carbocycles. The highest BCUT2D eigenvalue weighted by Gasteiger charge is 2.32. The lowest BCUT2D eigenvalue weighted by Crippen LogP contribution is -2.42. The van der Waals surface area contributed by atoms with Crippen LogP contribution in [0.3, 0.4) is 0 Å². The van der Waals surface area contributed by atoms with Crippen molar-refractivity contribution in [2.45, 2.75) is 78.2 Å². The summed E-state index contributed by atoms with van der Waals surface area (Å²) in [6.07, 6.45) is 5.95. The Labute approximate surface area is 123 Å². The molecule has 3 heteroatoms. The van der Waals surface area contributed by atoms with Gasteiger partial charge in [0.15, 0.2) is 0 Å². The SMILES string of the molecule is CCCNC(CCC)(CCC)c1nc(C(C)C)cs1. The first kappa shape index (κ1) is 16.6. The average Bonchev–Trinajstić information content (AvgIpc) is 2.86. The summed E-state index contributed by atoms with van der Waals surface area (Å²) in [7, 11) is 0. The lowest BCUT2D eigenvalue weighted by Gasteiger charge is -2.33. The maximum atomic E-state index is 4.93. The van der Waals surface area contributed by atoms with Gasteiger partial charge in [-0.15, -0.1) is 11.3 Å². The molecule has 2 nitrogen and oxygen atoms in total. The van der Waals surface area contributed by atoms with Crippen molar-refractivity contribution in [3.05, 3.63) is 16.1 Å². The van der Waals surface area contributed by atoms with Gasteiger partial charge in [0, 0.05) is 5.38 Å². The van der Waals surface area contributed by atoms with Crippen LogP contribution in [0.5, 0.6) is 0 Å². The predicted octanol–water partition coefficient (Wildman–Crippen LogP) is 5.06. The molecule has 1 aromatic heterocycles. The minimum absolute atomic E-state index is 0.108. The minimum Gasteiger partial charge on any atom is -0.305 e. The summed E-state index contributed by atoms with van der Waals surface area (Å²) in [6, 6.07) is 0. The lowest BCUT2D eigenvalue weighted by molar-refractivity contribution is 0.279. The van der Waals surface area contributed by atoms with Crippen molar-refractivity contribution in [3.8, 4) is 0 Å². The van der Waals surface area contributed by atoms with Gasteiger partial charge in [-0.05, 0) is 31.7 Å². The van der Waals surface area contributed by atoms with Crippen LogP contribution in [0.25, 0.3) is 0 Å². The fourth-order valence-corrected chi connectivity index (χ4v) is 3.80. The average molecular weight is 282 g/mol. The monoisotopic (exact) mass is 282 g/mol. The number of hydrogen-bond acceptors (Lipinski definition) is 3. The van der Waals surface area contributed by atoms with E-state index < -0.39 is 0 Å². The van der Waals surface area contributed by atoms with Crippen LogP contribution < -0.4 is 5.32 Å². The third kappa shape index (κ3) is 4.28. The molecular formula is C16H30N2S. The second-order valence-electron chi connectivity index (χ2n) is 5.74. The number of aromatic nitrogens is 1. The van der Waals surface area contributed by atoms with Gasteiger partial charge in [-0.25, -0.2) is 4.98 Å². The van der Waals surface area contributed by atoms with Gasteiger partial charge >= 0.3 is 0 Å². The Hall–Kier alpha value is -0.410. The van der Waals surface area contributed by atoms with Crippen molar-refractivity contribution in [1.82, 2.24) is 10.3 Å². The molecule has 0 bridgehead atoms. The van der Waals surface area contributed by atoms with E-state index in [0.717, 1.165) is 6.54 Å². The Bertz CT molecular complexity index is 351. The molecule has 0 unspecified atom stereocenters. The van der Waals surface area contributed by atoms with E-state index in [-0.39, 0.29) is 5.54 Å². The summed E-state index contributed by atoms with van der Waals surface area (Å²) in [5, 5.41) is 7.34. The van der Waals surface area contributed by atoms with Crippen molar-refractivity contribution in [2.24, 2.45) is 0 Å². The van der Waals surface area contributed by atoms with Crippen LogP contribution in [0.1, 0.15) is 83.3 Å². The number of nitrogens with one attached hydrogen (secondary N) is 1. The molecule has 0 aromatic carbocycles. The van der Waals surface area contributed by atoms with Gasteiger partial charge < -0.3 is 5.32 Å². The van der Waals surface area contributed by atoms with E-state index in [0.29, 0.717) is 5.92 Å². The fraction of sp³-hybridized carbons (Fsp3) is 0.812. The summed E-state index contributed by atoms with van der Waals surface area (Å²) >= 11 is 1.84. The quantitative estimate of drug-likeness (QED) is 0.684. The normalized spacial score (nSPS) is 12.3. The molecule has 0 saturated heterocycles. The van der Waals surface area contributed by atoms with Crippen LogP contribution in [-0.2, 0) is 5.54 Å². The fourth-order valence-electron chi connectivity index (χ4n) is 2.58. The van der Waals surface area contributed by atoms with Crippen LogP contribution in [0.2, 0.25) is 0 Å². The third-order valence-electron chi connectivity index (χ3n) is 3.59. The highest BCUT2D eigenvalue weighted by atomic mass is 32.1. The molecule has 0 saturated carbocycles. The molecule has 110 valence electrons. The molecule has 1 heterocycles. The zero-order valence-corrected chi connectivity index (χ0v) is 14.1. The third-order valence-corrected chi connectivity index (χ3v) is 4.65. The van der Waals surface area contributed by atoms with E-state index in [4.69, 9.17) is 4.98 Å². The first-order chi connectivity index (χ1) is 9.09. The second kappa shape index (κ2) is 8.01. The topological polar surface area (TPSA) is 24.9 Å². The molecule has 1 N–H and O–H groups in total. The summed E-state index contributed by atoms with van der Waals surface area (Å²) < 4.78 is 0. The molecule has 0 radical (unpaired) electrons. The summed E-state index contributed by atoms with van der Waals surface area (Å²) in [5.41, 5.74) is 1.35. The summed E-state index contributed by atoms with van der Waals surface area (Å²) in [4.78, 5) is 4.93. The molecule has 1 rings (SSSR count). The first-order valence-electron chi connectivity index (χ1n) is 7.80. The van der Waals surface area contributed by atoms with Gasteiger partial charge in [0.2, 0.25) is 0 Å². The largest absolute Gasteiger partial charge is 0.305 e. The van der Waals surface area contributed by atoms with Crippen molar-refractivity contribution in [1.29, 1.82) is 0 Å². The molecule has 0 fully saturated rings. The van der Waals surface area contributed by atoms with Gasteiger partial charge in [-0.3, -0.25) is 0 Å². The molecule has 0 aliphatic rings. The molecule has 19 heavy (non-hydrogen) atoms. The number of hydrogen-bond donors (Lipinski definition) is 1. The van der Waals surface area contributed by atoms with Crippen LogP contribution in [0.4, 0.5) is 0 Å². The number of thiazole rings is 1. The maximum Gasteiger partial charge on any atom is 0.113 e. The van der Waals surface area contributed by atoms with Gasteiger partial charge in [-0.2, -0.15) is 0 Å². The Morgan fingerprint density at radius 2 is 1.79 bits per heavy atom. The van der Waals surface area contributed by atoms with Crippen LogP contribution in [0, 0.1) is 0 Å². The zero-order chi connectivity index (χ0) is 14.3. The predicted molar refractivity (Wildman–Crippen MR) is 86.0 cm³/mol. The number of nitrogens with zero attached hydrogens (tertiary/aromatic N) is 1. The van der Waals surface area contributed by atoms with Crippen molar-refractivity contribution >= 4 is 11.3 Å². The van der Waals surface area contributed by atoms with Gasteiger partial charge in [0.05, 0.1) is 11.2 Å². The second-order valence-corrected chi connectivity index (χ2v) is 6.60. The van der Waals surface area contributed by atoms with Crippen LogP contribution in [0.15, 0.2) is 5.38 Å². The zero-order valence-electron chi connectivity index (χ0n) is 13.3. The van der Waals surface area contributed by atoms with E-state index in [1.165, 1.54) is 42.8 Å².